The number of nitrogens with zero attached hydrogens (tertiary/aromatic N) is 4. The third-order valence-corrected chi connectivity index (χ3v) is 7.22. The highest BCUT2D eigenvalue weighted by molar-refractivity contribution is 5.94. The summed E-state index contributed by atoms with van der Waals surface area (Å²) in [6.45, 7) is 8.00. The fraction of sp³-hybridized carbons (Fsp3) is 0.556. The lowest BCUT2D eigenvalue weighted by Crippen LogP contribution is -2.50. The van der Waals surface area contributed by atoms with Crippen molar-refractivity contribution in [2.24, 2.45) is 11.8 Å². The molecule has 32 heavy (non-hydrogen) atoms. The molecule has 1 aliphatic heterocycles. The number of para-hydroxylation sites is 1. The van der Waals surface area contributed by atoms with Crippen LogP contribution in [0.3, 0.4) is 0 Å². The van der Waals surface area contributed by atoms with Gasteiger partial charge in [0.1, 0.15) is 5.82 Å². The van der Waals surface area contributed by atoms with Gasteiger partial charge < -0.3 is 4.90 Å². The largest absolute Gasteiger partial charge is 0.369 e. The predicted octanol–water partition coefficient (Wildman–Crippen LogP) is 4.84. The van der Waals surface area contributed by atoms with Crippen molar-refractivity contribution < 1.29 is 4.79 Å². The van der Waals surface area contributed by atoms with Gasteiger partial charge in [-0.05, 0) is 55.9 Å². The molecule has 1 aromatic heterocycles. The number of piperazine rings is 1. The molecule has 2 fully saturated rings. The van der Waals surface area contributed by atoms with Crippen LogP contribution in [0.25, 0.3) is 0 Å². The van der Waals surface area contributed by atoms with Gasteiger partial charge >= 0.3 is 0 Å². The first kappa shape index (κ1) is 22.8. The van der Waals surface area contributed by atoms with E-state index < -0.39 is 0 Å². The lowest BCUT2D eigenvalue weighted by Gasteiger charge is -2.37. The summed E-state index contributed by atoms with van der Waals surface area (Å²) < 4.78 is 0. The molecule has 0 bridgehead atoms. The fourth-order valence-corrected chi connectivity index (χ4v) is 5.29. The summed E-state index contributed by atoms with van der Waals surface area (Å²) in [5.41, 5.74) is 1.30. The van der Waals surface area contributed by atoms with Crippen LogP contribution in [-0.2, 0) is 4.79 Å². The van der Waals surface area contributed by atoms with Crippen LogP contribution in [-0.4, -0.2) is 55.1 Å². The van der Waals surface area contributed by atoms with Crippen molar-refractivity contribution in [2.45, 2.75) is 45.4 Å². The SMILES string of the molecule is CCCC1CCC(C(=O)N(CCN2CCN(c3ccccc3)CC2)c2ccccn2)CC1. The molecular formula is C27H38N4O. The standard InChI is InChI=1S/C27H38N4O/c1-2-8-23-12-14-24(15-13-23)27(32)31(26-11-6-7-16-28-26)22-19-29-17-20-30(21-18-29)25-9-4-3-5-10-25/h3-7,9-11,16,23-24H,2,8,12-15,17-22H2,1H3. The molecule has 0 unspecified atom stereocenters. The molecule has 0 atom stereocenters. The van der Waals surface area contributed by atoms with Crippen LogP contribution in [0.4, 0.5) is 11.5 Å². The number of rotatable bonds is 8. The second-order valence-corrected chi connectivity index (χ2v) is 9.35. The third-order valence-electron chi connectivity index (χ3n) is 7.22. The Hall–Kier alpha value is -2.40. The summed E-state index contributed by atoms with van der Waals surface area (Å²) in [7, 11) is 0. The third kappa shape index (κ3) is 5.89. The van der Waals surface area contributed by atoms with E-state index in [4.69, 9.17) is 0 Å². The van der Waals surface area contributed by atoms with E-state index in [0.717, 1.165) is 63.8 Å². The Morgan fingerprint density at radius 1 is 0.969 bits per heavy atom. The predicted molar refractivity (Wildman–Crippen MR) is 132 cm³/mol. The van der Waals surface area contributed by atoms with E-state index in [1.807, 2.05) is 23.1 Å². The molecule has 5 nitrogen and oxygen atoms in total. The van der Waals surface area contributed by atoms with Crippen molar-refractivity contribution in [3.05, 3.63) is 54.7 Å². The van der Waals surface area contributed by atoms with Crippen LogP contribution in [0.5, 0.6) is 0 Å². The summed E-state index contributed by atoms with van der Waals surface area (Å²) >= 11 is 0. The van der Waals surface area contributed by atoms with Gasteiger partial charge in [0.15, 0.2) is 0 Å². The number of carbonyl (C=O) groups is 1. The lowest BCUT2D eigenvalue weighted by atomic mass is 9.79. The molecule has 1 saturated heterocycles. The molecule has 1 saturated carbocycles. The molecule has 1 amide bonds. The van der Waals surface area contributed by atoms with Gasteiger partial charge in [-0.1, -0.05) is 44.0 Å². The summed E-state index contributed by atoms with van der Waals surface area (Å²) in [5, 5.41) is 0. The minimum atomic E-state index is 0.153. The van der Waals surface area contributed by atoms with Crippen molar-refractivity contribution in [3.8, 4) is 0 Å². The Morgan fingerprint density at radius 3 is 2.34 bits per heavy atom. The Kier molecular flexibility index (Phi) is 8.16. The molecule has 0 radical (unpaired) electrons. The minimum Gasteiger partial charge on any atom is -0.369 e. The van der Waals surface area contributed by atoms with Crippen LogP contribution in [0.15, 0.2) is 54.7 Å². The summed E-state index contributed by atoms with van der Waals surface area (Å²) in [5.74, 6) is 2.05. The average Bonchev–Trinajstić information content (AvgIpc) is 2.86. The zero-order valence-corrected chi connectivity index (χ0v) is 19.5. The molecule has 1 aromatic carbocycles. The zero-order chi connectivity index (χ0) is 22.2. The van der Waals surface area contributed by atoms with Crippen molar-refractivity contribution in [1.82, 2.24) is 9.88 Å². The van der Waals surface area contributed by atoms with Gasteiger partial charge in [-0.15, -0.1) is 0 Å². The number of hydrogen-bond donors (Lipinski definition) is 0. The number of hydrogen-bond acceptors (Lipinski definition) is 4. The van der Waals surface area contributed by atoms with Gasteiger partial charge in [-0.2, -0.15) is 0 Å². The number of carbonyl (C=O) groups excluding carboxylic acids is 1. The van der Waals surface area contributed by atoms with E-state index in [1.54, 1.807) is 6.20 Å². The van der Waals surface area contributed by atoms with Crippen LogP contribution >= 0.6 is 0 Å². The van der Waals surface area contributed by atoms with Crippen LogP contribution < -0.4 is 9.80 Å². The highest BCUT2D eigenvalue weighted by Crippen LogP contribution is 2.33. The zero-order valence-electron chi connectivity index (χ0n) is 19.5. The number of benzene rings is 1. The maximum Gasteiger partial charge on any atom is 0.231 e. The van der Waals surface area contributed by atoms with E-state index in [0.29, 0.717) is 0 Å². The summed E-state index contributed by atoms with van der Waals surface area (Å²) in [6, 6.07) is 16.5. The summed E-state index contributed by atoms with van der Waals surface area (Å²) in [4.78, 5) is 25.0. The van der Waals surface area contributed by atoms with E-state index in [2.05, 4.69) is 52.0 Å². The van der Waals surface area contributed by atoms with E-state index in [1.165, 1.54) is 31.4 Å². The van der Waals surface area contributed by atoms with Crippen LogP contribution in [0.1, 0.15) is 45.4 Å². The van der Waals surface area contributed by atoms with Gasteiger partial charge in [0.2, 0.25) is 5.91 Å². The van der Waals surface area contributed by atoms with E-state index in [9.17, 15) is 4.79 Å². The lowest BCUT2D eigenvalue weighted by molar-refractivity contribution is -0.123. The second kappa shape index (κ2) is 11.5. The number of pyridine rings is 1. The number of aromatic nitrogens is 1. The Bertz CT molecular complexity index is 812. The molecule has 2 heterocycles. The Balaban J connectivity index is 1.33. The normalized spacial score (nSPS) is 22.0. The van der Waals surface area contributed by atoms with Crippen LogP contribution in [0, 0.1) is 11.8 Å². The first-order chi connectivity index (χ1) is 15.7. The van der Waals surface area contributed by atoms with Gasteiger partial charge in [-0.3, -0.25) is 14.6 Å². The molecule has 2 aromatic rings. The highest BCUT2D eigenvalue weighted by atomic mass is 16.2. The quantitative estimate of drug-likeness (QED) is 0.596. The first-order valence-corrected chi connectivity index (χ1v) is 12.5. The van der Waals surface area contributed by atoms with Gasteiger partial charge in [0, 0.05) is 57.1 Å². The smallest absolute Gasteiger partial charge is 0.231 e. The molecule has 2 aliphatic rings. The molecule has 172 valence electrons. The molecular weight excluding hydrogens is 396 g/mol. The summed E-state index contributed by atoms with van der Waals surface area (Å²) in [6.07, 6.45) is 8.81. The molecule has 5 heteroatoms. The van der Waals surface area contributed by atoms with Crippen molar-refractivity contribution in [2.75, 3.05) is 49.1 Å². The van der Waals surface area contributed by atoms with Crippen molar-refractivity contribution in [3.63, 3.8) is 0 Å². The molecule has 0 N–H and O–H groups in total. The highest BCUT2D eigenvalue weighted by Gasteiger charge is 2.30. The van der Waals surface area contributed by atoms with Gasteiger partial charge in [-0.25, -0.2) is 4.98 Å². The minimum absolute atomic E-state index is 0.153. The fourth-order valence-electron chi connectivity index (χ4n) is 5.29. The van der Waals surface area contributed by atoms with Crippen molar-refractivity contribution >= 4 is 17.4 Å². The average molecular weight is 435 g/mol. The maximum atomic E-state index is 13.5. The topological polar surface area (TPSA) is 39.7 Å². The van der Waals surface area contributed by atoms with E-state index >= 15 is 0 Å². The molecule has 4 rings (SSSR count). The van der Waals surface area contributed by atoms with Gasteiger partial charge in [0.25, 0.3) is 0 Å². The van der Waals surface area contributed by atoms with Gasteiger partial charge in [0.05, 0.1) is 0 Å². The maximum absolute atomic E-state index is 13.5. The molecule has 1 aliphatic carbocycles. The van der Waals surface area contributed by atoms with E-state index in [-0.39, 0.29) is 11.8 Å². The second-order valence-electron chi connectivity index (χ2n) is 9.35. The number of amides is 1. The molecule has 0 spiro atoms. The Morgan fingerprint density at radius 2 is 1.69 bits per heavy atom. The number of anilines is 2. The Labute approximate surface area is 193 Å². The van der Waals surface area contributed by atoms with Crippen LogP contribution in [0.2, 0.25) is 0 Å². The first-order valence-electron chi connectivity index (χ1n) is 12.5. The van der Waals surface area contributed by atoms with Crippen molar-refractivity contribution in [1.29, 1.82) is 0 Å². The monoisotopic (exact) mass is 434 g/mol.